The van der Waals surface area contributed by atoms with Crippen molar-refractivity contribution in [2.75, 3.05) is 6.61 Å². The molecular formula is C22H26N2O5. The molecular weight excluding hydrogens is 372 g/mol. The maximum Gasteiger partial charge on any atom is 0.305 e. The highest BCUT2D eigenvalue weighted by Crippen LogP contribution is 2.22. The summed E-state index contributed by atoms with van der Waals surface area (Å²) in [6.45, 7) is 3.33. The van der Waals surface area contributed by atoms with Crippen LogP contribution in [0.3, 0.4) is 0 Å². The van der Waals surface area contributed by atoms with Crippen LogP contribution in [0.5, 0.6) is 0 Å². The lowest BCUT2D eigenvalue weighted by atomic mass is 10.1. The van der Waals surface area contributed by atoms with Crippen molar-refractivity contribution in [2.45, 2.75) is 45.6 Å². The van der Waals surface area contributed by atoms with Gasteiger partial charge in [-0.1, -0.05) is 36.8 Å². The van der Waals surface area contributed by atoms with E-state index in [0.29, 0.717) is 13.0 Å². The molecule has 0 aliphatic rings. The minimum atomic E-state index is -1.75. The molecule has 0 aliphatic carbocycles. The van der Waals surface area contributed by atoms with E-state index in [1.165, 1.54) is 21.7 Å². The third-order valence-corrected chi connectivity index (χ3v) is 4.59. The number of carbonyl (C=O) groups excluding carboxylic acids is 1. The summed E-state index contributed by atoms with van der Waals surface area (Å²) in [7, 11) is 0. The van der Waals surface area contributed by atoms with Gasteiger partial charge in [-0.15, -0.1) is 0 Å². The number of aryl methyl sites for hydroxylation is 1. The lowest BCUT2D eigenvalue weighted by molar-refractivity contribution is -0.670. The first-order valence-electron chi connectivity index (χ1n) is 9.80. The van der Waals surface area contributed by atoms with Gasteiger partial charge in [-0.25, -0.2) is 0 Å². The molecule has 154 valence electrons. The van der Waals surface area contributed by atoms with Gasteiger partial charge in [0.15, 0.2) is 6.20 Å². The fraction of sp³-hybridized carbons (Fsp3) is 0.364. The van der Waals surface area contributed by atoms with Crippen LogP contribution in [0, 0.1) is 15.3 Å². The molecule has 0 spiro atoms. The number of esters is 1. The summed E-state index contributed by atoms with van der Waals surface area (Å²) in [5, 5.41) is 18.6. The van der Waals surface area contributed by atoms with Crippen molar-refractivity contribution < 1.29 is 19.2 Å². The Morgan fingerprint density at radius 2 is 1.59 bits per heavy atom. The molecule has 3 rings (SSSR count). The molecule has 29 heavy (non-hydrogen) atoms. The summed E-state index contributed by atoms with van der Waals surface area (Å²) in [6.07, 6.45) is 7.05. The van der Waals surface area contributed by atoms with Crippen molar-refractivity contribution in [3.8, 4) is 0 Å². The molecule has 0 saturated heterocycles. The van der Waals surface area contributed by atoms with Crippen LogP contribution in [0.15, 0.2) is 54.7 Å². The van der Waals surface area contributed by atoms with E-state index < -0.39 is 5.09 Å². The standard InChI is InChI=1S/C22H26NO2.NO3/c1-2-25-22(24)15-5-3-4-10-16-23-17-18-11-6-7-12-19(18)20-13-8-9-14-21(20)23;2-1(3)4/h6-9,11-14,17H,2-5,10,15-16H2,1H3;/q+1;-1. The first-order valence-corrected chi connectivity index (χ1v) is 9.80. The molecule has 0 saturated carbocycles. The van der Waals surface area contributed by atoms with Crippen molar-refractivity contribution in [2.24, 2.45) is 0 Å². The summed E-state index contributed by atoms with van der Waals surface area (Å²) in [4.78, 5) is 19.6. The smallest absolute Gasteiger partial charge is 0.305 e. The number of hydrogen-bond acceptors (Lipinski definition) is 5. The largest absolute Gasteiger partial charge is 0.466 e. The van der Waals surface area contributed by atoms with Crippen molar-refractivity contribution in [3.63, 3.8) is 0 Å². The van der Waals surface area contributed by atoms with Crippen LogP contribution in [0.2, 0.25) is 0 Å². The number of carbonyl (C=O) groups is 1. The van der Waals surface area contributed by atoms with Gasteiger partial charge >= 0.3 is 5.97 Å². The highest BCUT2D eigenvalue weighted by Gasteiger charge is 2.12. The van der Waals surface area contributed by atoms with Gasteiger partial charge in [0.1, 0.15) is 6.54 Å². The van der Waals surface area contributed by atoms with E-state index in [1.807, 2.05) is 6.92 Å². The molecule has 2 aromatic carbocycles. The van der Waals surface area contributed by atoms with Crippen LogP contribution in [0.1, 0.15) is 39.0 Å². The fourth-order valence-corrected chi connectivity index (χ4v) is 3.37. The third kappa shape index (κ3) is 7.03. The van der Waals surface area contributed by atoms with Crippen molar-refractivity contribution in [3.05, 3.63) is 70.0 Å². The normalized spacial score (nSPS) is 10.4. The number of hydrogen-bond donors (Lipinski definition) is 0. The Kier molecular flexibility index (Phi) is 8.82. The van der Waals surface area contributed by atoms with E-state index in [2.05, 4.69) is 59.3 Å². The second-order valence-electron chi connectivity index (χ2n) is 6.62. The maximum atomic E-state index is 11.3. The average molecular weight is 398 g/mol. The number of benzene rings is 2. The molecule has 1 aromatic heterocycles. The zero-order chi connectivity index (χ0) is 21.1. The van der Waals surface area contributed by atoms with E-state index in [9.17, 15) is 4.79 Å². The number of aromatic nitrogens is 1. The number of nitrogens with zero attached hydrogens (tertiary/aromatic N) is 2. The van der Waals surface area contributed by atoms with Crippen LogP contribution in [0.25, 0.3) is 21.7 Å². The monoisotopic (exact) mass is 398 g/mol. The predicted molar refractivity (Wildman–Crippen MR) is 112 cm³/mol. The summed E-state index contributed by atoms with van der Waals surface area (Å²) in [5.41, 5.74) is 1.28. The van der Waals surface area contributed by atoms with Gasteiger partial charge in [-0.3, -0.25) is 4.79 Å². The fourth-order valence-electron chi connectivity index (χ4n) is 3.37. The highest BCUT2D eigenvalue weighted by atomic mass is 16.9. The Morgan fingerprint density at radius 3 is 2.31 bits per heavy atom. The van der Waals surface area contributed by atoms with Gasteiger partial charge < -0.3 is 20.1 Å². The Hall–Kier alpha value is -3.22. The van der Waals surface area contributed by atoms with Crippen LogP contribution in [0.4, 0.5) is 0 Å². The van der Waals surface area contributed by atoms with E-state index in [1.54, 1.807) is 0 Å². The van der Waals surface area contributed by atoms with Gasteiger partial charge in [0.05, 0.1) is 17.1 Å². The van der Waals surface area contributed by atoms with Gasteiger partial charge in [0.25, 0.3) is 0 Å². The molecule has 0 atom stereocenters. The molecule has 1 heterocycles. The quantitative estimate of drug-likeness (QED) is 0.138. The van der Waals surface area contributed by atoms with Crippen LogP contribution < -0.4 is 4.57 Å². The zero-order valence-electron chi connectivity index (χ0n) is 16.6. The highest BCUT2D eigenvalue weighted by molar-refractivity contribution is 6.03. The minimum absolute atomic E-state index is 0.0719. The van der Waals surface area contributed by atoms with Crippen LogP contribution in [-0.4, -0.2) is 17.7 Å². The summed E-state index contributed by atoms with van der Waals surface area (Å²) >= 11 is 0. The summed E-state index contributed by atoms with van der Waals surface area (Å²) < 4.78 is 7.33. The van der Waals surface area contributed by atoms with Gasteiger partial charge in [0, 0.05) is 29.7 Å². The summed E-state index contributed by atoms with van der Waals surface area (Å²) in [5.74, 6) is -0.0719. The Morgan fingerprint density at radius 1 is 0.966 bits per heavy atom. The molecule has 0 unspecified atom stereocenters. The first-order chi connectivity index (χ1) is 14.0. The van der Waals surface area contributed by atoms with Gasteiger partial charge in [-0.05, 0) is 31.9 Å². The van der Waals surface area contributed by atoms with E-state index in [-0.39, 0.29) is 5.97 Å². The number of rotatable bonds is 8. The Labute approximate surface area is 169 Å². The number of para-hydroxylation sites is 1. The molecule has 0 fully saturated rings. The van der Waals surface area contributed by atoms with Crippen molar-refractivity contribution in [1.82, 2.24) is 0 Å². The molecule has 7 heteroatoms. The van der Waals surface area contributed by atoms with E-state index in [4.69, 9.17) is 20.1 Å². The number of pyridine rings is 1. The zero-order valence-corrected chi connectivity index (χ0v) is 16.6. The molecule has 0 bridgehead atoms. The predicted octanol–water partition coefficient (Wildman–Crippen LogP) is 4.56. The number of fused-ring (bicyclic) bond motifs is 3. The van der Waals surface area contributed by atoms with Gasteiger partial charge in [-0.2, -0.15) is 4.57 Å². The average Bonchev–Trinajstić information content (AvgIpc) is 2.70. The minimum Gasteiger partial charge on any atom is -0.466 e. The van der Waals surface area contributed by atoms with Crippen LogP contribution in [-0.2, 0) is 16.1 Å². The topological polar surface area (TPSA) is 96.4 Å². The third-order valence-electron chi connectivity index (χ3n) is 4.59. The number of ether oxygens (including phenoxy) is 1. The van der Waals surface area contributed by atoms with Gasteiger partial charge in [0.2, 0.25) is 5.52 Å². The van der Waals surface area contributed by atoms with Crippen molar-refractivity contribution in [1.29, 1.82) is 0 Å². The lowest BCUT2D eigenvalue weighted by Gasteiger charge is -2.06. The number of unbranched alkanes of at least 4 members (excludes halogenated alkanes) is 3. The van der Waals surface area contributed by atoms with E-state index >= 15 is 0 Å². The summed E-state index contributed by atoms with van der Waals surface area (Å²) in [6, 6.07) is 17.2. The second-order valence-corrected chi connectivity index (χ2v) is 6.62. The molecule has 0 N–H and O–H groups in total. The molecule has 0 amide bonds. The molecule has 0 aliphatic heterocycles. The molecule has 7 nitrogen and oxygen atoms in total. The second kappa shape index (κ2) is 11.6. The molecule has 3 aromatic rings. The Balaban J connectivity index is 0.000000687. The van der Waals surface area contributed by atoms with Crippen molar-refractivity contribution >= 4 is 27.6 Å². The first kappa shape index (κ1) is 22.1. The molecule has 0 radical (unpaired) electrons. The maximum absolute atomic E-state index is 11.3. The van der Waals surface area contributed by atoms with Crippen LogP contribution >= 0.6 is 0 Å². The Bertz CT molecular complexity index is 954. The lowest BCUT2D eigenvalue weighted by Crippen LogP contribution is -2.34. The SMILES string of the molecule is CCOC(=O)CCCCCC[n+]1cc2ccccc2c2ccccc21.O=[N+]([O-])[O-]. The van der Waals surface area contributed by atoms with E-state index in [0.717, 1.165) is 32.2 Å².